The summed E-state index contributed by atoms with van der Waals surface area (Å²) in [4.78, 5) is 0. The van der Waals surface area contributed by atoms with E-state index in [9.17, 15) is 0 Å². The normalized spacial score (nSPS) is 11.2. The van der Waals surface area contributed by atoms with E-state index in [1.165, 1.54) is 5.56 Å². The van der Waals surface area contributed by atoms with Gasteiger partial charge in [-0.3, -0.25) is 0 Å². The van der Waals surface area contributed by atoms with Gasteiger partial charge in [0, 0.05) is 6.07 Å². The number of methoxy groups -OCH3 is 1. The molecule has 21 heavy (non-hydrogen) atoms. The number of ether oxygens (including phenoxy) is 2. The molecule has 0 aliphatic heterocycles. The maximum Gasteiger partial charge on any atom is 0.146 e. The summed E-state index contributed by atoms with van der Waals surface area (Å²) < 4.78 is 11.0. The minimum Gasteiger partial charge on any atom is -0.497 e. The molecule has 0 saturated heterocycles. The van der Waals surface area contributed by atoms with E-state index in [1.807, 2.05) is 6.07 Å². The van der Waals surface area contributed by atoms with Gasteiger partial charge >= 0.3 is 0 Å². The molecule has 0 spiro atoms. The molecule has 0 aliphatic rings. The van der Waals surface area contributed by atoms with E-state index in [2.05, 4.69) is 45.0 Å². The fourth-order valence-electron chi connectivity index (χ4n) is 2.03. The van der Waals surface area contributed by atoms with Crippen molar-refractivity contribution in [3.8, 4) is 11.5 Å². The molecule has 0 aromatic heterocycles. The molecule has 3 heteroatoms. The third-order valence-electron chi connectivity index (χ3n) is 3.44. The fraction of sp³-hybridized carbons (Fsp3) is 0.333. The molecule has 0 atom stereocenters. The van der Waals surface area contributed by atoms with Crippen LogP contribution in [-0.4, -0.2) is 7.11 Å². The largest absolute Gasteiger partial charge is 0.497 e. The van der Waals surface area contributed by atoms with E-state index in [4.69, 9.17) is 15.2 Å². The lowest BCUT2D eigenvalue weighted by molar-refractivity contribution is 0.305. The molecule has 2 N–H and O–H groups in total. The Kier molecular flexibility index (Phi) is 4.41. The van der Waals surface area contributed by atoms with Crippen LogP contribution in [0.3, 0.4) is 0 Å². The molecule has 112 valence electrons. The lowest BCUT2D eigenvalue weighted by Crippen LogP contribution is -2.10. The zero-order chi connectivity index (χ0) is 15.5. The van der Waals surface area contributed by atoms with Crippen LogP contribution in [0.1, 0.15) is 31.9 Å². The highest BCUT2D eigenvalue weighted by atomic mass is 16.5. The van der Waals surface area contributed by atoms with Crippen LogP contribution in [0.5, 0.6) is 11.5 Å². The van der Waals surface area contributed by atoms with Gasteiger partial charge in [-0.05, 0) is 28.7 Å². The van der Waals surface area contributed by atoms with Gasteiger partial charge in [-0.1, -0.05) is 45.0 Å². The van der Waals surface area contributed by atoms with Gasteiger partial charge in [-0.25, -0.2) is 0 Å². The first-order valence-corrected chi connectivity index (χ1v) is 7.06. The predicted octanol–water partition coefficient (Wildman–Crippen LogP) is 4.15. The maximum absolute atomic E-state index is 5.91. The number of anilines is 1. The van der Waals surface area contributed by atoms with Gasteiger partial charge < -0.3 is 15.2 Å². The van der Waals surface area contributed by atoms with E-state index in [0.29, 0.717) is 18.0 Å². The van der Waals surface area contributed by atoms with E-state index >= 15 is 0 Å². The molecule has 0 fully saturated rings. The SMILES string of the molecule is COc1ccc(N)c(OCc2ccc(C(C)(C)C)cc2)c1. The summed E-state index contributed by atoms with van der Waals surface area (Å²) in [5, 5.41) is 0. The number of rotatable bonds is 4. The number of nitrogens with two attached hydrogens (primary N) is 1. The minimum absolute atomic E-state index is 0.163. The quantitative estimate of drug-likeness (QED) is 0.858. The Labute approximate surface area is 126 Å². The van der Waals surface area contributed by atoms with Crippen LogP contribution < -0.4 is 15.2 Å². The Morgan fingerprint density at radius 2 is 1.67 bits per heavy atom. The maximum atomic E-state index is 5.91. The average Bonchev–Trinajstić information content (AvgIpc) is 2.46. The van der Waals surface area contributed by atoms with Crippen molar-refractivity contribution < 1.29 is 9.47 Å². The van der Waals surface area contributed by atoms with Gasteiger partial charge in [0.2, 0.25) is 0 Å². The molecule has 3 nitrogen and oxygen atoms in total. The van der Waals surface area contributed by atoms with Crippen molar-refractivity contribution in [2.75, 3.05) is 12.8 Å². The van der Waals surface area contributed by atoms with Crippen molar-refractivity contribution >= 4 is 5.69 Å². The van der Waals surface area contributed by atoms with Crippen molar-refractivity contribution in [3.63, 3.8) is 0 Å². The van der Waals surface area contributed by atoms with E-state index in [0.717, 1.165) is 11.3 Å². The van der Waals surface area contributed by atoms with E-state index < -0.39 is 0 Å². The highest BCUT2D eigenvalue weighted by molar-refractivity contribution is 5.55. The van der Waals surface area contributed by atoms with E-state index in [-0.39, 0.29) is 5.41 Å². The van der Waals surface area contributed by atoms with Crippen LogP contribution in [0, 0.1) is 0 Å². The van der Waals surface area contributed by atoms with Crippen LogP contribution in [0.4, 0.5) is 5.69 Å². The third-order valence-corrected chi connectivity index (χ3v) is 3.44. The molecular formula is C18H23NO2. The summed E-state index contributed by atoms with van der Waals surface area (Å²) in [5.74, 6) is 1.39. The first kappa shape index (κ1) is 15.2. The van der Waals surface area contributed by atoms with Gasteiger partial charge in [0.1, 0.15) is 18.1 Å². The van der Waals surface area contributed by atoms with Crippen molar-refractivity contribution in [1.29, 1.82) is 0 Å². The monoisotopic (exact) mass is 285 g/mol. The van der Waals surface area contributed by atoms with Gasteiger partial charge in [-0.15, -0.1) is 0 Å². The summed E-state index contributed by atoms with van der Waals surface area (Å²) in [6.07, 6.45) is 0. The van der Waals surface area contributed by atoms with Crippen molar-refractivity contribution in [2.45, 2.75) is 32.8 Å². The summed E-state index contributed by atoms with van der Waals surface area (Å²) in [7, 11) is 1.63. The third kappa shape index (κ3) is 3.91. The second-order valence-corrected chi connectivity index (χ2v) is 6.14. The Balaban J connectivity index is 2.06. The van der Waals surface area contributed by atoms with Crippen molar-refractivity contribution in [1.82, 2.24) is 0 Å². The van der Waals surface area contributed by atoms with Crippen LogP contribution in [0.2, 0.25) is 0 Å². The number of benzene rings is 2. The molecule has 0 saturated carbocycles. The molecule has 2 rings (SSSR count). The highest BCUT2D eigenvalue weighted by Crippen LogP contribution is 2.28. The van der Waals surface area contributed by atoms with Gasteiger partial charge in [0.15, 0.2) is 0 Å². The van der Waals surface area contributed by atoms with Crippen molar-refractivity contribution in [3.05, 3.63) is 53.6 Å². The molecule has 2 aromatic rings. The zero-order valence-corrected chi connectivity index (χ0v) is 13.1. The lowest BCUT2D eigenvalue weighted by Gasteiger charge is -2.19. The molecule has 2 aromatic carbocycles. The smallest absolute Gasteiger partial charge is 0.146 e. The topological polar surface area (TPSA) is 44.5 Å². The summed E-state index contributed by atoms with van der Waals surface area (Å²) in [6.45, 7) is 7.10. The van der Waals surface area contributed by atoms with Crippen LogP contribution in [0.25, 0.3) is 0 Å². The summed E-state index contributed by atoms with van der Waals surface area (Å²) >= 11 is 0. The lowest BCUT2D eigenvalue weighted by atomic mass is 9.87. The molecule has 0 amide bonds. The van der Waals surface area contributed by atoms with Crippen molar-refractivity contribution in [2.24, 2.45) is 0 Å². The Bertz CT molecular complexity index is 598. The average molecular weight is 285 g/mol. The number of hydrogen-bond acceptors (Lipinski definition) is 3. The van der Waals surface area contributed by atoms with Crippen LogP contribution in [0.15, 0.2) is 42.5 Å². The summed E-state index contributed by atoms with van der Waals surface area (Å²) in [5.41, 5.74) is 9.11. The Morgan fingerprint density at radius 1 is 1.00 bits per heavy atom. The van der Waals surface area contributed by atoms with Gasteiger partial charge in [-0.2, -0.15) is 0 Å². The van der Waals surface area contributed by atoms with Gasteiger partial charge in [0.05, 0.1) is 12.8 Å². The standard InChI is InChI=1S/C18H23NO2/c1-18(2,3)14-7-5-13(6-8-14)12-21-17-11-15(20-4)9-10-16(17)19/h5-11H,12,19H2,1-4H3. The fourth-order valence-corrected chi connectivity index (χ4v) is 2.03. The molecule has 0 heterocycles. The van der Waals surface area contributed by atoms with E-state index in [1.54, 1.807) is 19.2 Å². The predicted molar refractivity (Wildman–Crippen MR) is 86.9 cm³/mol. The Hall–Kier alpha value is -2.16. The second-order valence-electron chi connectivity index (χ2n) is 6.14. The number of hydrogen-bond donors (Lipinski definition) is 1. The number of nitrogen functional groups attached to an aromatic ring is 1. The molecule has 0 unspecified atom stereocenters. The molecule has 0 radical (unpaired) electrons. The highest BCUT2D eigenvalue weighted by Gasteiger charge is 2.12. The molecule has 0 bridgehead atoms. The molecular weight excluding hydrogens is 262 g/mol. The van der Waals surface area contributed by atoms with Crippen LogP contribution in [-0.2, 0) is 12.0 Å². The minimum atomic E-state index is 0.163. The van der Waals surface area contributed by atoms with Gasteiger partial charge in [0.25, 0.3) is 0 Å². The summed E-state index contributed by atoms with van der Waals surface area (Å²) in [6, 6.07) is 13.9. The molecule has 0 aliphatic carbocycles. The zero-order valence-electron chi connectivity index (χ0n) is 13.1. The first-order chi connectivity index (χ1) is 9.90. The van der Waals surface area contributed by atoms with Crippen LogP contribution >= 0.6 is 0 Å². The Morgan fingerprint density at radius 3 is 2.24 bits per heavy atom. The second kappa shape index (κ2) is 6.08. The first-order valence-electron chi connectivity index (χ1n) is 7.06.